The number of thiophene rings is 1. The maximum absolute atomic E-state index is 12.3. The van der Waals surface area contributed by atoms with Crippen LogP contribution < -0.4 is 5.32 Å². The van der Waals surface area contributed by atoms with Crippen molar-refractivity contribution < 1.29 is 14.4 Å². The van der Waals surface area contributed by atoms with E-state index < -0.39 is 0 Å². The lowest BCUT2D eigenvalue weighted by molar-refractivity contribution is -0.122. The molecule has 0 aromatic carbocycles. The Balaban J connectivity index is 1.58. The number of nitrogens with one attached hydrogen (secondary N) is 1. The van der Waals surface area contributed by atoms with Gasteiger partial charge in [0.1, 0.15) is 5.69 Å². The molecule has 1 aliphatic heterocycles. The van der Waals surface area contributed by atoms with Crippen molar-refractivity contribution in [3.05, 3.63) is 51.3 Å². The summed E-state index contributed by atoms with van der Waals surface area (Å²) in [6, 6.07) is 7.26. The molecule has 0 radical (unpaired) electrons. The number of imide groups is 1. The van der Waals surface area contributed by atoms with Gasteiger partial charge in [0.25, 0.3) is 17.1 Å². The van der Waals surface area contributed by atoms with E-state index in [4.69, 9.17) is 0 Å². The lowest BCUT2D eigenvalue weighted by atomic mass is 10.3. The van der Waals surface area contributed by atoms with E-state index in [1.54, 1.807) is 36.0 Å². The zero-order valence-corrected chi connectivity index (χ0v) is 14.5. The number of aryl methyl sites for hydroxylation is 1. The highest BCUT2D eigenvalue weighted by Gasteiger charge is 2.34. The van der Waals surface area contributed by atoms with E-state index in [2.05, 4.69) is 5.32 Å². The quantitative estimate of drug-likeness (QED) is 0.831. The fourth-order valence-electron chi connectivity index (χ4n) is 2.26. The predicted molar refractivity (Wildman–Crippen MR) is 94.7 cm³/mol. The maximum Gasteiger partial charge on any atom is 0.293 e. The molecule has 1 N–H and O–H groups in total. The Morgan fingerprint density at radius 2 is 2.12 bits per heavy atom. The lowest BCUT2D eigenvalue weighted by Gasteiger charge is -2.13. The summed E-state index contributed by atoms with van der Waals surface area (Å²) >= 11 is 2.43. The Morgan fingerprint density at radius 1 is 1.29 bits per heavy atom. The van der Waals surface area contributed by atoms with E-state index in [9.17, 15) is 14.4 Å². The third-order valence-corrected chi connectivity index (χ3v) is 5.21. The lowest BCUT2D eigenvalue weighted by Crippen LogP contribution is -2.37. The minimum absolute atomic E-state index is 0.155. The average Bonchev–Trinajstić information content (AvgIpc) is 3.25. The van der Waals surface area contributed by atoms with E-state index in [1.165, 1.54) is 11.3 Å². The van der Waals surface area contributed by atoms with E-state index in [-0.39, 0.29) is 30.1 Å². The fourth-order valence-corrected chi connectivity index (χ4v) is 3.85. The van der Waals surface area contributed by atoms with Crippen LogP contribution in [0.5, 0.6) is 0 Å². The molecular formula is C16H15N3O3S2. The van der Waals surface area contributed by atoms with E-state index >= 15 is 0 Å². The molecule has 124 valence electrons. The van der Waals surface area contributed by atoms with Gasteiger partial charge >= 0.3 is 0 Å². The average molecular weight is 361 g/mol. The maximum atomic E-state index is 12.3. The highest BCUT2D eigenvalue weighted by molar-refractivity contribution is 8.18. The number of hydrogen-bond acceptors (Lipinski definition) is 5. The SMILES string of the molecule is Cn1cccc1C(=O)NCCN1C(=O)S/C(=C/c2cccs2)C1=O. The Hall–Kier alpha value is -2.32. The van der Waals surface area contributed by atoms with Crippen LogP contribution in [0.4, 0.5) is 4.79 Å². The van der Waals surface area contributed by atoms with Gasteiger partial charge in [-0.3, -0.25) is 19.3 Å². The van der Waals surface area contributed by atoms with Crippen LogP contribution in [0.1, 0.15) is 15.4 Å². The fraction of sp³-hybridized carbons (Fsp3) is 0.188. The van der Waals surface area contributed by atoms with Gasteiger partial charge in [-0.2, -0.15) is 0 Å². The standard InChI is InChI=1S/C16H15N3O3S2/c1-18-7-2-5-12(18)14(20)17-6-8-19-15(21)13(24-16(19)22)10-11-4-3-9-23-11/h2-5,7,9-10H,6,8H2,1H3,(H,17,20)/b13-10+. The molecule has 0 unspecified atom stereocenters. The third-order valence-electron chi connectivity index (χ3n) is 3.49. The Kier molecular flexibility index (Phi) is 4.86. The second-order valence-electron chi connectivity index (χ2n) is 5.11. The van der Waals surface area contributed by atoms with Crippen molar-refractivity contribution in [3.8, 4) is 0 Å². The van der Waals surface area contributed by atoms with Gasteiger partial charge in [0.05, 0.1) is 4.91 Å². The molecule has 3 rings (SSSR count). The Bertz CT molecular complexity index is 808. The molecule has 0 bridgehead atoms. The first-order chi connectivity index (χ1) is 11.6. The first-order valence-electron chi connectivity index (χ1n) is 7.24. The van der Waals surface area contributed by atoms with Crippen LogP contribution in [0, 0.1) is 0 Å². The molecule has 1 fully saturated rings. The zero-order valence-electron chi connectivity index (χ0n) is 12.9. The number of thioether (sulfide) groups is 1. The first-order valence-corrected chi connectivity index (χ1v) is 8.94. The van der Waals surface area contributed by atoms with Gasteiger partial charge in [0.2, 0.25) is 0 Å². The topological polar surface area (TPSA) is 71.4 Å². The summed E-state index contributed by atoms with van der Waals surface area (Å²) in [6.07, 6.45) is 3.50. The second-order valence-corrected chi connectivity index (χ2v) is 7.08. The Morgan fingerprint density at radius 3 is 2.79 bits per heavy atom. The van der Waals surface area contributed by atoms with Crippen molar-refractivity contribution in [2.45, 2.75) is 0 Å². The van der Waals surface area contributed by atoms with Crippen molar-refractivity contribution in [1.82, 2.24) is 14.8 Å². The molecule has 24 heavy (non-hydrogen) atoms. The summed E-state index contributed by atoms with van der Waals surface area (Å²) in [5.74, 6) is -0.546. The molecule has 0 atom stereocenters. The molecule has 2 aromatic rings. The summed E-state index contributed by atoms with van der Waals surface area (Å²) in [5.41, 5.74) is 0.529. The molecule has 0 saturated carbocycles. The van der Waals surface area contributed by atoms with Crippen LogP contribution in [0.25, 0.3) is 6.08 Å². The predicted octanol–water partition coefficient (Wildman–Crippen LogP) is 2.55. The summed E-state index contributed by atoms with van der Waals surface area (Å²) < 4.78 is 1.71. The van der Waals surface area contributed by atoms with Gasteiger partial charge in [-0.15, -0.1) is 11.3 Å². The minimum Gasteiger partial charge on any atom is -0.349 e. The van der Waals surface area contributed by atoms with Gasteiger partial charge < -0.3 is 9.88 Å². The molecule has 1 aliphatic rings. The Labute approximate surface area is 147 Å². The van der Waals surface area contributed by atoms with Crippen LogP contribution in [-0.4, -0.2) is 39.6 Å². The van der Waals surface area contributed by atoms with Crippen molar-refractivity contribution in [2.24, 2.45) is 7.05 Å². The van der Waals surface area contributed by atoms with Crippen LogP contribution in [-0.2, 0) is 11.8 Å². The highest BCUT2D eigenvalue weighted by Crippen LogP contribution is 2.32. The first kappa shape index (κ1) is 16.5. The number of carbonyl (C=O) groups is 3. The number of rotatable bonds is 5. The van der Waals surface area contributed by atoms with Crippen LogP contribution in [0.2, 0.25) is 0 Å². The normalized spacial score (nSPS) is 16.2. The van der Waals surface area contributed by atoms with Gasteiger partial charge in [-0.25, -0.2) is 0 Å². The molecule has 1 saturated heterocycles. The van der Waals surface area contributed by atoms with Crippen molar-refractivity contribution in [2.75, 3.05) is 13.1 Å². The molecule has 3 heterocycles. The summed E-state index contributed by atoms with van der Waals surface area (Å²) in [4.78, 5) is 38.8. The summed E-state index contributed by atoms with van der Waals surface area (Å²) in [6.45, 7) is 0.372. The molecule has 0 aliphatic carbocycles. The molecule has 6 nitrogen and oxygen atoms in total. The van der Waals surface area contributed by atoms with Gasteiger partial charge in [-0.1, -0.05) is 6.07 Å². The van der Waals surface area contributed by atoms with Gasteiger partial charge in [-0.05, 0) is 41.4 Å². The van der Waals surface area contributed by atoms with E-state index in [1.807, 2.05) is 17.5 Å². The van der Waals surface area contributed by atoms with Crippen LogP contribution >= 0.6 is 23.1 Å². The van der Waals surface area contributed by atoms with Crippen molar-refractivity contribution in [1.29, 1.82) is 0 Å². The molecule has 3 amide bonds. The van der Waals surface area contributed by atoms with E-state index in [0.717, 1.165) is 21.5 Å². The number of nitrogens with zero attached hydrogens (tertiary/aromatic N) is 2. The van der Waals surface area contributed by atoms with E-state index in [0.29, 0.717) is 10.6 Å². The van der Waals surface area contributed by atoms with Crippen LogP contribution in [0.3, 0.4) is 0 Å². The number of hydrogen-bond donors (Lipinski definition) is 1. The van der Waals surface area contributed by atoms with Crippen LogP contribution in [0.15, 0.2) is 40.7 Å². The molecular weight excluding hydrogens is 346 g/mol. The van der Waals surface area contributed by atoms with Crippen molar-refractivity contribution >= 4 is 46.2 Å². The molecule has 2 aromatic heterocycles. The van der Waals surface area contributed by atoms with Gasteiger partial charge in [0, 0.05) is 31.2 Å². The number of aromatic nitrogens is 1. The number of carbonyl (C=O) groups excluding carboxylic acids is 3. The zero-order chi connectivity index (χ0) is 17.1. The minimum atomic E-state index is -0.313. The molecule has 8 heteroatoms. The van der Waals surface area contributed by atoms with Gasteiger partial charge in [0.15, 0.2) is 0 Å². The largest absolute Gasteiger partial charge is 0.349 e. The monoisotopic (exact) mass is 361 g/mol. The molecule has 0 spiro atoms. The summed E-state index contributed by atoms with van der Waals surface area (Å²) in [7, 11) is 1.78. The number of amides is 3. The summed E-state index contributed by atoms with van der Waals surface area (Å²) in [5, 5.41) is 4.32. The second kappa shape index (κ2) is 7.06. The highest BCUT2D eigenvalue weighted by atomic mass is 32.2. The van der Waals surface area contributed by atoms with Crippen molar-refractivity contribution in [3.63, 3.8) is 0 Å². The smallest absolute Gasteiger partial charge is 0.293 e. The third kappa shape index (κ3) is 3.44.